The number of aliphatic hydroxyl groups is 1. The maximum absolute atomic E-state index is 12.9. The Labute approximate surface area is 215 Å². The van der Waals surface area contributed by atoms with Crippen molar-refractivity contribution in [2.24, 2.45) is 0 Å². The van der Waals surface area contributed by atoms with Gasteiger partial charge in [-0.25, -0.2) is 4.98 Å². The number of carbonyl (C=O) groups excluding carboxylic acids is 1. The Morgan fingerprint density at radius 1 is 1.24 bits per heavy atom. The lowest BCUT2D eigenvalue weighted by molar-refractivity contribution is 0.0826. The standard InChI is InChI=1S/C25H35N7O5/c1-14(13-35-4)37-25-28-18(24(34)27-15(2)16(3)33)12-20(29-25)32-10-7-17(8-11-32)22-21-19(36-5)6-9-26-23(21)31-30-22/h6,9,12,14-17,33H,7-8,10-11,13H2,1-5H3,(H,27,34)(H,26,30,31)/t14-,15-,16+/m1/s1. The Balaban J connectivity index is 1.55. The van der Waals surface area contributed by atoms with Crippen LogP contribution in [0.3, 0.4) is 0 Å². The van der Waals surface area contributed by atoms with Crippen LogP contribution < -0.4 is 19.7 Å². The van der Waals surface area contributed by atoms with Crippen LogP contribution in [0.4, 0.5) is 5.82 Å². The van der Waals surface area contributed by atoms with E-state index in [1.54, 1.807) is 40.3 Å². The number of aliphatic hydroxyl groups excluding tert-OH is 1. The second-order valence-corrected chi connectivity index (χ2v) is 9.39. The monoisotopic (exact) mass is 513 g/mol. The number of ether oxygens (including phenoxy) is 3. The van der Waals surface area contributed by atoms with Crippen molar-refractivity contribution < 1.29 is 24.1 Å². The fourth-order valence-electron chi connectivity index (χ4n) is 4.39. The van der Waals surface area contributed by atoms with Crippen molar-refractivity contribution in [2.75, 3.05) is 38.8 Å². The molecule has 1 saturated heterocycles. The number of pyridine rings is 1. The quantitative estimate of drug-likeness (QED) is 0.368. The third-order valence-electron chi connectivity index (χ3n) is 6.59. The van der Waals surface area contributed by atoms with Crippen molar-refractivity contribution in [3.63, 3.8) is 0 Å². The zero-order valence-electron chi connectivity index (χ0n) is 21.9. The Morgan fingerprint density at radius 3 is 2.68 bits per heavy atom. The van der Waals surface area contributed by atoms with Crippen molar-refractivity contribution >= 4 is 22.8 Å². The molecule has 0 spiro atoms. The first-order valence-corrected chi connectivity index (χ1v) is 12.5. The highest BCUT2D eigenvalue weighted by Gasteiger charge is 2.28. The van der Waals surface area contributed by atoms with Gasteiger partial charge in [-0.3, -0.25) is 9.89 Å². The number of hydrogen-bond donors (Lipinski definition) is 3. The summed E-state index contributed by atoms with van der Waals surface area (Å²) >= 11 is 0. The number of fused-ring (bicyclic) bond motifs is 1. The van der Waals surface area contributed by atoms with Crippen LogP contribution in [0.1, 0.15) is 55.7 Å². The summed E-state index contributed by atoms with van der Waals surface area (Å²) in [7, 11) is 3.23. The van der Waals surface area contributed by atoms with Crippen LogP contribution >= 0.6 is 0 Å². The SMILES string of the molecule is COC[C@@H](C)Oc1nc(C(=O)N[C@H](C)[C@H](C)O)cc(N2CCC(c3n[nH]c4nccc(OC)c34)CC2)n1. The van der Waals surface area contributed by atoms with Gasteiger partial charge in [0.15, 0.2) is 5.65 Å². The van der Waals surface area contributed by atoms with Gasteiger partial charge in [0.25, 0.3) is 5.91 Å². The number of carbonyl (C=O) groups is 1. The molecule has 0 saturated carbocycles. The fourth-order valence-corrected chi connectivity index (χ4v) is 4.39. The third kappa shape index (κ3) is 6.08. The molecule has 3 aromatic heterocycles. The number of aromatic nitrogens is 5. The number of rotatable bonds is 10. The second-order valence-electron chi connectivity index (χ2n) is 9.39. The van der Waals surface area contributed by atoms with Gasteiger partial charge in [-0.15, -0.1) is 0 Å². The summed E-state index contributed by atoms with van der Waals surface area (Å²) in [5.74, 6) is 1.17. The van der Waals surface area contributed by atoms with Gasteiger partial charge in [0.2, 0.25) is 0 Å². The molecule has 1 amide bonds. The van der Waals surface area contributed by atoms with Crippen LogP contribution in [0.25, 0.3) is 11.0 Å². The van der Waals surface area contributed by atoms with Gasteiger partial charge in [-0.2, -0.15) is 15.1 Å². The summed E-state index contributed by atoms with van der Waals surface area (Å²) in [4.78, 5) is 28.3. The van der Waals surface area contributed by atoms with Gasteiger partial charge in [-0.05, 0) is 39.7 Å². The molecule has 1 fully saturated rings. The predicted octanol–water partition coefficient (Wildman–Crippen LogP) is 2.05. The molecule has 0 aromatic carbocycles. The van der Waals surface area contributed by atoms with E-state index in [0.29, 0.717) is 31.2 Å². The number of hydrogen-bond acceptors (Lipinski definition) is 10. The Bertz CT molecular complexity index is 1210. The van der Waals surface area contributed by atoms with Crippen LogP contribution in [0.2, 0.25) is 0 Å². The molecule has 0 unspecified atom stereocenters. The summed E-state index contributed by atoms with van der Waals surface area (Å²) in [6.07, 6.45) is 2.37. The normalized spacial score (nSPS) is 16.9. The van der Waals surface area contributed by atoms with Crippen LogP contribution in [-0.4, -0.2) is 88.3 Å². The summed E-state index contributed by atoms with van der Waals surface area (Å²) in [5.41, 5.74) is 1.84. The molecule has 1 aliphatic rings. The Hall–Kier alpha value is -3.51. The van der Waals surface area contributed by atoms with E-state index in [4.69, 9.17) is 14.2 Å². The molecule has 3 atom stereocenters. The average molecular weight is 514 g/mol. The molecule has 0 radical (unpaired) electrons. The number of nitrogens with zero attached hydrogens (tertiary/aromatic N) is 5. The maximum atomic E-state index is 12.9. The summed E-state index contributed by atoms with van der Waals surface area (Å²) < 4.78 is 16.5. The summed E-state index contributed by atoms with van der Waals surface area (Å²) in [6.45, 7) is 6.97. The Kier molecular flexibility index (Phi) is 8.39. The minimum absolute atomic E-state index is 0.105. The molecule has 12 nitrogen and oxygen atoms in total. The lowest BCUT2D eigenvalue weighted by Gasteiger charge is -2.32. The molecule has 3 aromatic rings. The van der Waals surface area contributed by atoms with Gasteiger partial charge < -0.3 is 29.5 Å². The number of nitrogens with one attached hydrogen (secondary N) is 2. The van der Waals surface area contributed by atoms with E-state index in [0.717, 1.165) is 29.7 Å². The number of methoxy groups -OCH3 is 2. The van der Waals surface area contributed by atoms with Gasteiger partial charge >= 0.3 is 6.01 Å². The van der Waals surface area contributed by atoms with E-state index in [2.05, 4.69) is 35.4 Å². The van der Waals surface area contributed by atoms with Gasteiger partial charge in [0.1, 0.15) is 23.4 Å². The first-order valence-electron chi connectivity index (χ1n) is 12.5. The van der Waals surface area contributed by atoms with E-state index < -0.39 is 18.1 Å². The van der Waals surface area contributed by atoms with Crippen LogP contribution in [0, 0.1) is 0 Å². The first-order chi connectivity index (χ1) is 17.8. The smallest absolute Gasteiger partial charge is 0.319 e. The van der Waals surface area contributed by atoms with E-state index >= 15 is 0 Å². The fraction of sp³-hybridized carbons (Fsp3) is 0.560. The van der Waals surface area contributed by atoms with Crippen molar-refractivity contribution in [3.8, 4) is 11.8 Å². The topological polar surface area (TPSA) is 148 Å². The minimum atomic E-state index is -0.700. The van der Waals surface area contributed by atoms with Gasteiger partial charge in [-0.1, -0.05) is 0 Å². The first kappa shape index (κ1) is 26.6. The number of amides is 1. The second kappa shape index (κ2) is 11.7. The molecule has 0 bridgehead atoms. The maximum Gasteiger partial charge on any atom is 0.319 e. The number of H-pyrrole nitrogens is 1. The summed E-state index contributed by atoms with van der Waals surface area (Å²) in [6, 6.07) is 3.17. The zero-order valence-corrected chi connectivity index (χ0v) is 21.9. The van der Waals surface area contributed by atoms with Gasteiger partial charge in [0.05, 0.1) is 36.9 Å². The van der Waals surface area contributed by atoms with Crippen LogP contribution in [0.15, 0.2) is 18.3 Å². The molecule has 1 aliphatic heterocycles. The molecular weight excluding hydrogens is 478 g/mol. The minimum Gasteiger partial charge on any atom is -0.496 e. The van der Waals surface area contributed by atoms with Crippen LogP contribution in [-0.2, 0) is 4.74 Å². The third-order valence-corrected chi connectivity index (χ3v) is 6.59. The average Bonchev–Trinajstić information content (AvgIpc) is 3.33. The zero-order chi connectivity index (χ0) is 26.5. The largest absolute Gasteiger partial charge is 0.496 e. The van der Waals surface area contributed by atoms with Crippen LogP contribution in [0.5, 0.6) is 11.8 Å². The van der Waals surface area contributed by atoms with Crippen molar-refractivity contribution in [3.05, 3.63) is 29.7 Å². The molecule has 200 valence electrons. The molecule has 3 N–H and O–H groups in total. The van der Waals surface area contributed by atoms with E-state index in [1.807, 2.05) is 13.0 Å². The molecule has 37 heavy (non-hydrogen) atoms. The predicted molar refractivity (Wildman–Crippen MR) is 137 cm³/mol. The van der Waals surface area contributed by atoms with Crippen molar-refractivity contribution in [1.82, 2.24) is 30.5 Å². The molecular formula is C25H35N7O5. The van der Waals surface area contributed by atoms with Crippen molar-refractivity contribution in [1.29, 1.82) is 0 Å². The van der Waals surface area contributed by atoms with Crippen molar-refractivity contribution in [2.45, 2.75) is 57.8 Å². The molecule has 4 rings (SSSR count). The van der Waals surface area contributed by atoms with Gasteiger partial charge in [0, 0.05) is 38.4 Å². The van der Waals surface area contributed by atoms with E-state index in [-0.39, 0.29) is 23.7 Å². The highest BCUT2D eigenvalue weighted by molar-refractivity contribution is 5.93. The highest BCUT2D eigenvalue weighted by atomic mass is 16.5. The Morgan fingerprint density at radius 2 is 2.00 bits per heavy atom. The van der Waals surface area contributed by atoms with E-state index in [9.17, 15) is 9.90 Å². The number of piperidine rings is 1. The number of anilines is 1. The van der Waals surface area contributed by atoms with E-state index in [1.165, 1.54) is 0 Å². The molecule has 12 heteroatoms. The summed E-state index contributed by atoms with van der Waals surface area (Å²) in [5, 5.41) is 21.1. The highest BCUT2D eigenvalue weighted by Crippen LogP contribution is 2.36. The molecule has 0 aliphatic carbocycles. The lowest BCUT2D eigenvalue weighted by atomic mass is 9.92. The lowest BCUT2D eigenvalue weighted by Crippen LogP contribution is -2.40. The number of aromatic amines is 1. The molecule has 4 heterocycles.